The van der Waals surface area contributed by atoms with E-state index in [-0.39, 0.29) is 6.42 Å². The Morgan fingerprint density at radius 2 is 1.79 bits per heavy atom. The molecule has 2 rings (SSSR count). The monoisotopic (exact) mass is 311 g/mol. The molecule has 1 fully saturated rings. The van der Waals surface area contributed by atoms with Gasteiger partial charge in [0.05, 0.1) is 16.6 Å². The van der Waals surface area contributed by atoms with Crippen molar-refractivity contribution in [3.05, 3.63) is 28.2 Å². The third kappa shape index (κ3) is 3.69. The summed E-state index contributed by atoms with van der Waals surface area (Å²) in [5.74, 6) is -1.32. The lowest BCUT2D eigenvalue weighted by molar-refractivity contribution is -0.184. The van der Waals surface area contributed by atoms with E-state index in [9.17, 15) is 13.2 Å². The van der Waals surface area contributed by atoms with Crippen LogP contribution in [0.2, 0.25) is 10.0 Å². The summed E-state index contributed by atoms with van der Waals surface area (Å²) in [7, 11) is 0. The van der Waals surface area contributed by atoms with Gasteiger partial charge in [0, 0.05) is 11.1 Å². The quantitative estimate of drug-likeness (QED) is 0.757. The molecule has 1 saturated carbocycles. The van der Waals surface area contributed by atoms with Crippen LogP contribution in [0.25, 0.3) is 0 Å². The molecule has 1 aliphatic rings. The Labute approximate surface area is 120 Å². The summed E-state index contributed by atoms with van der Waals surface area (Å²) in [6.07, 6.45) is -2.11. The molecule has 0 spiro atoms. The first kappa shape index (κ1) is 14.8. The summed E-state index contributed by atoms with van der Waals surface area (Å²) >= 11 is 11.8. The highest BCUT2D eigenvalue weighted by molar-refractivity contribution is 6.35. The van der Waals surface area contributed by atoms with Crippen molar-refractivity contribution < 1.29 is 13.2 Å². The second-order valence-electron chi connectivity index (χ2n) is 4.81. The molecule has 2 unspecified atom stereocenters. The van der Waals surface area contributed by atoms with E-state index in [0.717, 1.165) is 6.42 Å². The molecule has 0 radical (unpaired) electrons. The van der Waals surface area contributed by atoms with Crippen LogP contribution in [0, 0.1) is 5.92 Å². The van der Waals surface area contributed by atoms with Gasteiger partial charge < -0.3 is 5.32 Å². The fourth-order valence-electron chi connectivity index (χ4n) is 2.50. The third-order valence-electron chi connectivity index (χ3n) is 3.46. The van der Waals surface area contributed by atoms with Gasteiger partial charge in [-0.05, 0) is 31.0 Å². The lowest BCUT2D eigenvalue weighted by Gasteiger charge is -2.34. The number of hydrogen-bond donors (Lipinski definition) is 1. The Morgan fingerprint density at radius 1 is 1.11 bits per heavy atom. The summed E-state index contributed by atoms with van der Waals surface area (Å²) in [6, 6.07) is 4.12. The number of nitrogens with one attached hydrogen (secondary N) is 1. The van der Waals surface area contributed by atoms with Crippen molar-refractivity contribution in [2.75, 3.05) is 5.32 Å². The summed E-state index contributed by atoms with van der Waals surface area (Å²) in [6.45, 7) is 0. The van der Waals surface area contributed by atoms with Gasteiger partial charge in [0.1, 0.15) is 0 Å². The molecule has 0 amide bonds. The molecule has 0 heterocycles. The largest absolute Gasteiger partial charge is 0.393 e. The number of benzene rings is 1. The molecular formula is C13H14Cl2F3N. The van der Waals surface area contributed by atoms with Crippen LogP contribution in [0.5, 0.6) is 0 Å². The van der Waals surface area contributed by atoms with Gasteiger partial charge in [0.2, 0.25) is 0 Å². The van der Waals surface area contributed by atoms with Crippen LogP contribution in [-0.2, 0) is 0 Å². The summed E-state index contributed by atoms with van der Waals surface area (Å²) in [4.78, 5) is 0. The van der Waals surface area contributed by atoms with E-state index in [1.54, 1.807) is 18.2 Å². The highest BCUT2D eigenvalue weighted by Gasteiger charge is 2.45. The summed E-state index contributed by atoms with van der Waals surface area (Å²) in [5, 5.41) is 3.75. The molecule has 0 aromatic heterocycles. The van der Waals surface area contributed by atoms with Gasteiger partial charge in [-0.2, -0.15) is 13.2 Å². The van der Waals surface area contributed by atoms with E-state index < -0.39 is 18.1 Å². The van der Waals surface area contributed by atoms with E-state index in [1.807, 2.05) is 0 Å². The van der Waals surface area contributed by atoms with Crippen molar-refractivity contribution in [1.82, 2.24) is 0 Å². The Bertz CT molecular complexity index is 448. The van der Waals surface area contributed by atoms with Crippen LogP contribution in [0.15, 0.2) is 18.2 Å². The fraction of sp³-hybridized carbons (Fsp3) is 0.538. The number of rotatable bonds is 2. The average Bonchev–Trinajstić information content (AvgIpc) is 2.33. The smallest absolute Gasteiger partial charge is 0.380 e. The molecule has 1 aliphatic carbocycles. The molecule has 1 N–H and O–H groups in total. The van der Waals surface area contributed by atoms with Crippen molar-refractivity contribution in [3.63, 3.8) is 0 Å². The number of hydrogen-bond acceptors (Lipinski definition) is 1. The van der Waals surface area contributed by atoms with Crippen molar-refractivity contribution in [2.45, 2.75) is 37.9 Å². The van der Waals surface area contributed by atoms with Crippen molar-refractivity contribution in [2.24, 2.45) is 5.92 Å². The van der Waals surface area contributed by atoms with Gasteiger partial charge in [-0.1, -0.05) is 36.0 Å². The highest BCUT2D eigenvalue weighted by atomic mass is 35.5. The van der Waals surface area contributed by atoms with Gasteiger partial charge in [-0.25, -0.2) is 0 Å². The van der Waals surface area contributed by atoms with Crippen molar-refractivity contribution >= 4 is 28.9 Å². The molecular weight excluding hydrogens is 298 g/mol. The van der Waals surface area contributed by atoms with Gasteiger partial charge in [-0.15, -0.1) is 0 Å². The van der Waals surface area contributed by atoms with Crippen molar-refractivity contribution in [1.29, 1.82) is 0 Å². The molecule has 19 heavy (non-hydrogen) atoms. The third-order valence-corrected chi connectivity index (χ3v) is 4.02. The molecule has 0 aliphatic heterocycles. The lowest BCUT2D eigenvalue weighted by atomic mass is 9.84. The van der Waals surface area contributed by atoms with Crippen LogP contribution < -0.4 is 5.32 Å². The Balaban J connectivity index is 2.17. The average molecular weight is 312 g/mol. The van der Waals surface area contributed by atoms with Gasteiger partial charge in [0.25, 0.3) is 0 Å². The zero-order valence-electron chi connectivity index (χ0n) is 10.1. The van der Waals surface area contributed by atoms with Crippen LogP contribution in [0.4, 0.5) is 18.9 Å². The zero-order chi connectivity index (χ0) is 14.0. The van der Waals surface area contributed by atoms with E-state index >= 15 is 0 Å². The lowest BCUT2D eigenvalue weighted by Crippen LogP contribution is -2.41. The minimum absolute atomic E-state index is 0.166. The van der Waals surface area contributed by atoms with Gasteiger partial charge in [0.15, 0.2) is 0 Å². The Hall–Kier alpha value is -0.610. The predicted molar refractivity (Wildman–Crippen MR) is 71.9 cm³/mol. The first-order valence-electron chi connectivity index (χ1n) is 6.16. The standard InChI is InChI=1S/C13H14Cl2F3N/c14-8-5-6-10(15)12(7-8)19-11-4-2-1-3-9(11)13(16,17)18/h5-7,9,11,19H,1-4H2. The van der Waals surface area contributed by atoms with E-state index in [2.05, 4.69) is 5.32 Å². The normalized spacial score (nSPS) is 24.3. The molecule has 1 aromatic carbocycles. The van der Waals surface area contributed by atoms with Crippen LogP contribution in [0.3, 0.4) is 0 Å². The SMILES string of the molecule is FC(F)(F)C1CCCCC1Nc1cc(Cl)ccc1Cl. The molecule has 1 aromatic rings. The highest BCUT2D eigenvalue weighted by Crippen LogP contribution is 2.40. The first-order chi connectivity index (χ1) is 8.88. The molecule has 0 saturated heterocycles. The molecule has 1 nitrogen and oxygen atoms in total. The topological polar surface area (TPSA) is 12.0 Å². The number of anilines is 1. The second-order valence-corrected chi connectivity index (χ2v) is 5.65. The fourth-order valence-corrected chi connectivity index (χ4v) is 2.85. The molecule has 106 valence electrons. The zero-order valence-corrected chi connectivity index (χ0v) is 11.6. The van der Waals surface area contributed by atoms with E-state index in [1.165, 1.54) is 0 Å². The van der Waals surface area contributed by atoms with E-state index in [0.29, 0.717) is 28.6 Å². The maximum absolute atomic E-state index is 13.0. The van der Waals surface area contributed by atoms with Crippen LogP contribution in [0.1, 0.15) is 25.7 Å². The minimum Gasteiger partial charge on any atom is -0.380 e. The molecule has 2 atom stereocenters. The molecule has 6 heteroatoms. The van der Waals surface area contributed by atoms with Gasteiger partial charge in [-0.3, -0.25) is 0 Å². The Kier molecular flexibility index (Phi) is 4.51. The van der Waals surface area contributed by atoms with Crippen molar-refractivity contribution in [3.8, 4) is 0 Å². The minimum atomic E-state index is -4.18. The maximum Gasteiger partial charge on any atom is 0.393 e. The summed E-state index contributed by atoms with van der Waals surface area (Å²) in [5.41, 5.74) is 0.468. The maximum atomic E-state index is 13.0. The van der Waals surface area contributed by atoms with E-state index in [4.69, 9.17) is 23.2 Å². The molecule has 0 bridgehead atoms. The van der Waals surface area contributed by atoms with Gasteiger partial charge >= 0.3 is 6.18 Å². The Morgan fingerprint density at radius 3 is 2.47 bits per heavy atom. The number of halogens is 5. The first-order valence-corrected chi connectivity index (χ1v) is 6.92. The predicted octanol–water partition coefficient (Wildman–Crippen LogP) is 5.53. The number of alkyl halides is 3. The van der Waals surface area contributed by atoms with Crippen LogP contribution in [-0.4, -0.2) is 12.2 Å². The summed E-state index contributed by atoms with van der Waals surface area (Å²) < 4.78 is 38.9. The van der Waals surface area contributed by atoms with Crippen LogP contribution >= 0.6 is 23.2 Å². The second kappa shape index (κ2) is 5.80.